The molecular formula is C12H15F2N. The first-order chi connectivity index (χ1) is 7.12. The Bertz CT molecular complexity index is 357. The molecule has 1 aromatic rings. The summed E-state index contributed by atoms with van der Waals surface area (Å²) in [5, 5.41) is 3.26. The van der Waals surface area contributed by atoms with E-state index in [-0.39, 0.29) is 5.41 Å². The van der Waals surface area contributed by atoms with Gasteiger partial charge in [-0.1, -0.05) is 13.0 Å². The van der Waals surface area contributed by atoms with E-state index in [1.54, 1.807) is 6.07 Å². The lowest BCUT2D eigenvalue weighted by Gasteiger charge is -2.34. The summed E-state index contributed by atoms with van der Waals surface area (Å²) >= 11 is 0. The van der Waals surface area contributed by atoms with E-state index in [4.69, 9.17) is 0 Å². The smallest absolute Gasteiger partial charge is 0.129 e. The van der Waals surface area contributed by atoms with Crippen molar-refractivity contribution in [2.75, 3.05) is 13.1 Å². The zero-order chi connectivity index (χ0) is 10.9. The normalized spacial score (nSPS) is 26.6. The molecule has 1 aromatic carbocycles. The Morgan fingerprint density at radius 1 is 1.33 bits per heavy atom. The van der Waals surface area contributed by atoms with E-state index in [0.29, 0.717) is 5.56 Å². The van der Waals surface area contributed by atoms with E-state index in [1.807, 2.05) is 6.92 Å². The molecule has 1 atom stereocenters. The van der Waals surface area contributed by atoms with Gasteiger partial charge in [-0.25, -0.2) is 8.78 Å². The van der Waals surface area contributed by atoms with Gasteiger partial charge in [-0.2, -0.15) is 0 Å². The number of benzene rings is 1. The largest absolute Gasteiger partial charge is 0.316 e. The average molecular weight is 211 g/mol. The lowest BCUT2D eigenvalue weighted by Crippen LogP contribution is -2.41. The Labute approximate surface area is 88.5 Å². The van der Waals surface area contributed by atoms with Crippen molar-refractivity contribution in [3.8, 4) is 0 Å². The zero-order valence-corrected chi connectivity index (χ0v) is 8.82. The van der Waals surface area contributed by atoms with Crippen LogP contribution in [-0.2, 0) is 5.41 Å². The first-order valence-electron chi connectivity index (χ1n) is 5.28. The zero-order valence-electron chi connectivity index (χ0n) is 8.82. The van der Waals surface area contributed by atoms with Gasteiger partial charge in [0.15, 0.2) is 0 Å². The monoisotopic (exact) mass is 211 g/mol. The van der Waals surface area contributed by atoms with Crippen molar-refractivity contribution < 1.29 is 8.78 Å². The SMILES string of the molecule is CC1(c2ccc(F)cc2F)CCCNC1. The third-order valence-corrected chi connectivity index (χ3v) is 3.18. The molecule has 0 spiro atoms. The number of nitrogens with one attached hydrogen (secondary N) is 1. The predicted molar refractivity (Wildman–Crippen MR) is 55.8 cm³/mol. The molecule has 1 aliphatic heterocycles. The molecule has 1 nitrogen and oxygen atoms in total. The Balaban J connectivity index is 2.35. The number of halogens is 2. The Morgan fingerprint density at radius 3 is 2.73 bits per heavy atom. The third-order valence-electron chi connectivity index (χ3n) is 3.18. The molecule has 1 aliphatic rings. The number of hydrogen-bond acceptors (Lipinski definition) is 1. The van der Waals surface area contributed by atoms with E-state index in [2.05, 4.69) is 5.32 Å². The molecule has 1 heterocycles. The Hall–Kier alpha value is -0.960. The molecule has 0 saturated carbocycles. The summed E-state index contributed by atoms with van der Waals surface area (Å²) in [6.45, 7) is 3.77. The maximum Gasteiger partial charge on any atom is 0.129 e. The van der Waals surface area contributed by atoms with Crippen LogP contribution in [0.3, 0.4) is 0 Å². The van der Waals surface area contributed by atoms with Crippen LogP contribution in [0.15, 0.2) is 18.2 Å². The van der Waals surface area contributed by atoms with Crippen molar-refractivity contribution in [3.05, 3.63) is 35.4 Å². The number of rotatable bonds is 1. The van der Waals surface area contributed by atoms with Gasteiger partial charge in [0.1, 0.15) is 11.6 Å². The van der Waals surface area contributed by atoms with Crippen molar-refractivity contribution in [2.45, 2.75) is 25.2 Å². The van der Waals surface area contributed by atoms with Crippen LogP contribution >= 0.6 is 0 Å². The van der Waals surface area contributed by atoms with Crippen LogP contribution in [-0.4, -0.2) is 13.1 Å². The highest BCUT2D eigenvalue weighted by Crippen LogP contribution is 2.32. The van der Waals surface area contributed by atoms with Crippen LogP contribution in [0, 0.1) is 11.6 Å². The molecule has 0 aliphatic carbocycles. The first-order valence-corrected chi connectivity index (χ1v) is 5.28. The molecule has 15 heavy (non-hydrogen) atoms. The Morgan fingerprint density at radius 2 is 2.13 bits per heavy atom. The average Bonchev–Trinajstić information content (AvgIpc) is 2.18. The van der Waals surface area contributed by atoms with E-state index in [0.717, 1.165) is 32.0 Å². The molecular weight excluding hydrogens is 196 g/mol. The minimum atomic E-state index is -0.511. The fraction of sp³-hybridized carbons (Fsp3) is 0.500. The minimum Gasteiger partial charge on any atom is -0.316 e. The summed E-state index contributed by atoms with van der Waals surface area (Å²) in [6, 6.07) is 3.87. The van der Waals surface area contributed by atoms with E-state index in [9.17, 15) is 8.78 Å². The highest BCUT2D eigenvalue weighted by atomic mass is 19.1. The highest BCUT2D eigenvalue weighted by molar-refractivity contribution is 5.28. The second-order valence-electron chi connectivity index (χ2n) is 4.47. The topological polar surface area (TPSA) is 12.0 Å². The third kappa shape index (κ3) is 2.02. The molecule has 1 N–H and O–H groups in total. The molecule has 3 heteroatoms. The van der Waals surface area contributed by atoms with Crippen molar-refractivity contribution in [1.82, 2.24) is 5.32 Å². The van der Waals surface area contributed by atoms with Gasteiger partial charge < -0.3 is 5.32 Å². The quantitative estimate of drug-likeness (QED) is 0.753. The summed E-state index contributed by atoms with van der Waals surface area (Å²) in [7, 11) is 0. The second kappa shape index (κ2) is 3.89. The number of hydrogen-bond donors (Lipinski definition) is 1. The first kappa shape index (κ1) is 10.6. The van der Waals surface area contributed by atoms with Gasteiger partial charge in [-0.3, -0.25) is 0 Å². The van der Waals surface area contributed by atoms with Gasteiger partial charge in [0.25, 0.3) is 0 Å². The Kier molecular flexibility index (Phi) is 2.74. The lowest BCUT2D eigenvalue weighted by molar-refractivity contribution is 0.328. The lowest BCUT2D eigenvalue weighted by atomic mass is 9.76. The molecule has 1 unspecified atom stereocenters. The van der Waals surface area contributed by atoms with Crippen molar-refractivity contribution >= 4 is 0 Å². The highest BCUT2D eigenvalue weighted by Gasteiger charge is 2.31. The molecule has 1 saturated heterocycles. The van der Waals surface area contributed by atoms with Crippen LogP contribution in [0.5, 0.6) is 0 Å². The molecule has 0 aromatic heterocycles. The van der Waals surface area contributed by atoms with Crippen LogP contribution in [0.2, 0.25) is 0 Å². The summed E-state index contributed by atoms with van der Waals surface area (Å²) in [4.78, 5) is 0. The fourth-order valence-electron chi connectivity index (χ4n) is 2.27. The van der Waals surface area contributed by atoms with E-state index >= 15 is 0 Å². The summed E-state index contributed by atoms with van der Waals surface area (Å²) in [5.41, 5.74) is 0.423. The molecule has 0 bridgehead atoms. The van der Waals surface area contributed by atoms with Crippen molar-refractivity contribution in [3.63, 3.8) is 0 Å². The summed E-state index contributed by atoms with van der Waals surface area (Å²) in [5.74, 6) is -0.940. The predicted octanol–water partition coefficient (Wildman–Crippen LogP) is 2.61. The fourth-order valence-corrected chi connectivity index (χ4v) is 2.27. The summed E-state index contributed by atoms with van der Waals surface area (Å²) in [6.07, 6.45) is 1.98. The second-order valence-corrected chi connectivity index (χ2v) is 4.47. The molecule has 82 valence electrons. The molecule has 1 fully saturated rings. The van der Waals surface area contributed by atoms with E-state index < -0.39 is 11.6 Å². The van der Waals surface area contributed by atoms with E-state index in [1.165, 1.54) is 6.07 Å². The summed E-state index contributed by atoms with van der Waals surface area (Å²) < 4.78 is 26.4. The van der Waals surface area contributed by atoms with Crippen LogP contribution in [0.25, 0.3) is 0 Å². The van der Waals surface area contributed by atoms with Gasteiger partial charge in [0.05, 0.1) is 0 Å². The molecule has 0 amide bonds. The van der Waals surface area contributed by atoms with Crippen LogP contribution in [0.4, 0.5) is 8.78 Å². The van der Waals surface area contributed by atoms with Gasteiger partial charge >= 0.3 is 0 Å². The van der Waals surface area contributed by atoms with Gasteiger partial charge in [-0.05, 0) is 31.0 Å². The maximum atomic E-state index is 13.6. The molecule has 0 radical (unpaired) electrons. The standard InChI is InChI=1S/C12H15F2N/c1-12(5-2-6-15-8-12)10-4-3-9(13)7-11(10)14/h3-4,7,15H,2,5-6,8H2,1H3. The van der Waals surface area contributed by atoms with Crippen molar-refractivity contribution in [1.29, 1.82) is 0 Å². The minimum absolute atomic E-state index is 0.198. The molecule has 2 rings (SSSR count). The van der Waals surface area contributed by atoms with Crippen molar-refractivity contribution in [2.24, 2.45) is 0 Å². The number of piperidine rings is 1. The maximum absolute atomic E-state index is 13.6. The van der Waals surface area contributed by atoms with Crippen LogP contribution < -0.4 is 5.32 Å². The van der Waals surface area contributed by atoms with Crippen LogP contribution in [0.1, 0.15) is 25.3 Å². The van der Waals surface area contributed by atoms with Gasteiger partial charge in [0.2, 0.25) is 0 Å². The van der Waals surface area contributed by atoms with Gasteiger partial charge in [0, 0.05) is 18.0 Å². The van der Waals surface area contributed by atoms with Gasteiger partial charge in [-0.15, -0.1) is 0 Å².